The molecule has 1 aliphatic carbocycles. The first-order valence-corrected chi connectivity index (χ1v) is 18.3. The van der Waals surface area contributed by atoms with E-state index in [9.17, 15) is 0 Å². The number of benzene rings is 7. The van der Waals surface area contributed by atoms with Gasteiger partial charge in [-0.25, -0.2) is 0 Å². The van der Waals surface area contributed by atoms with Gasteiger partial charge in [-0.3, -0.25) is 0 Å². The van der Waals surface area contributed by atoms with Crippen LogP contribution in [0.5, 0.6) is 0 Å². The molecule has 1 aliphatic heterocycles. The number of hydrogen-bond acceptors (Lipinski definition) is 2. The normalized spacial score (nSPS) is 14.6. The van der Waals surface area contributed by atoms with Crippen LogP contribution in [0.4, 0.5) is 17.1 Å². The summed E-state index contributed by atoms with van der Waals surface area (Å²) in [6.07, 6.45) is 0. The Kier molecular flexibility index (Phi) is 7.16. The third kappa shape index (κ3) is 4.85. The van der Waals surface area contributed by atoms with Crippen LogP contribution in [0.2, 0.25) is 0 Å². The van der Waals surface area contributed by atoms with E-state index in [0.29, 0.717) is 0 Å². The lowest BCUT2D eigenvalue weighted by Crippen LogP contribution is -2.23. The lowest BCUT2D eigenvalue weighted by atomic mass is 9.77. The highest BCUT2D eigenvalue weighted by Gasteiger charge is 2.36. The van der Waals surface area contributed by atoms with Crippen LogP contribution in [0.25, 0.3) is 33.4 Å². The van der Waals surface area contributed by atoms with Crippen LogP contribution in [0.15, 0.2) is 174 Å². The van der Waals surface area contributed by atoms with Crippen molar-refractivity contribution in [1.29, 1.82) is 0 Å². The molecule has 1 heterocycles. The SMILES string of the molecule is CC1(C)c2ccccc2-c2ccc(N(c3ccc(-c4ccccc4)cc3)c3ccc(-c4cccc5c4Sc4ccccc4C5(C)C)cc3)cc21. The van der Waals surface area contributed by atoms with E-state index < -0.39 is 0 Å². The largest absolute Gasteiger partial charge is 0.310 e. The molecule has 2 aliphatic rings. The Hall–Kier alpha value is -5.31. The summed E-state index contributed by atoms with van der Waals surface area (Å²) in [4.78, 5) is 5.12. The summed E-state index contributed by atoms with van der Waals surface area (Å²) >= 11 is 1.91. The summed E-state index contributed by atoms with van der Waals surface area (Å²) < 4.78 is 0. The van der Waals surface area contributed by atoms with E-state index >= 15 is 0 Å². The van der Waals surface area contributed by atoms with E-state index in [1.54, 1.807) is 0 Å². The summed E-state index contributed by atoms with van der Waals surface area (Å²) in [5, 5.41) is 0. The Morgan fingerprint density at radius 1 is 0.380 bits per heavy atom. The van der Waals surface area contributed by atoms with Gasteiger partial charge in [-0.15, -0.1) is 0 Å². The fraction of sp³-hybridized carbons (Fsp3) is 0.125. The van der Waals surface area contributed by atoms with Gasteiger partial charge in [0.15, 0.2) is 0 Å². The molecule has 2 heteroatoms. The lowest BCUT2D eigenvalue weighted by molar-refractivity contribution is 0.608. The second-order valence-electron chi connectivity index (χ2n) is 14.6. The number of rotatable bonds is 5. The van der Waals surface area contributed by atoms with E-state index in [1.165, 1.54) is 65.4 Å². The molecular weight excluding hydrogens is 623 g/mol. The molecule has 1 nitrogen and oxygen atoms in total. The van der Waals surface area contributed by atoms with Gasteiger partial charge in [-0.2, -0.15) is 0 Å². The number of anilines is 3. The zero-order valence-electron chi connectivity index (χ0n) is 28.9. The van der Waals surface area contributed by atoms with Crippen molar-refractivity contribution in [3.8, 4) is 33.4 Å². The topological polar surface area (TPSA) is 3.24 Å². The van der Waals surface area contributed by atoms with Crippen LogP contribution >= 0.6 is 11.8 Å². The number of hydrogen-bond donors (Lipinski definition) is 0. The molecule has 7 aromatic rings. The third-order valence-electron chi connectivity index (χ3n) is 11.0. The minimum atomic E-state index is -0.0783. The van der Waals surface area contributed by atoms with Gasteiger partial charge >= 0.3 is 0 Å². The number of nitrogens with zero attached hydrogens (tertiary/aromatic N) is 1. The highest BCUT2D eigenvalue weighted by molar-refractivity contribution is 7.99. The summed E-state index contributed by atoms with van der Waals surface area (Å²) in [7, 11) is 0. The molecule has 0 amide bonds. The fourth-order valence-corrected chi connectivity index (χ4v) is 9.72. The van der Waals surface area contributed by atoms with Gasteiger partial charge in [0.2, 0.25) is 0 Å². The van der Waals surface area contributed by atoms with Gasteiger partial charge in [0.25, 0.3) is 0 Å². The summed E-state index contributed by atoms with van der Waals surface area (Å²) in [6, 6.07) is 60.4. The van der Waals surface area contributed by atoms with Crippen molar-refractivity contribution < 1.29 is 0 Å². The van der Waals surface area contributed by atoms with E-state index in [1.807, 2.05) is 11.8 Å². The molecule has 0 N–H and O–H groups in total. The first-order chi connectivity index (χ1) is 24.3. The van der Waals surface area contributed by atoms with Gasteiger partial charge in [0.05, 0.1) is 0 Å². The minimum Gasteiger partial charge on any atom is -0.310 e. The molecule has 242 valence electrons. The Balaban J connectivity index is 1.14. The maximum absolute atomic E-state index is 2.41. The average molecular weight is 662 g/mol. The molecule has 0 bridgehead atoms. The molecule has 9 rings (SSSR count). The first kappa shape index (κ1) is 30.7. The van der Waals surface area contributed by atoms with Crippen molar-refractivity contribution in [3.05, 3.63) is 186 Å². The van der Waals surface area contributed by atoms with Crippen molar-refractivity contribution >= 4 is 28.8 Å². The molecule has 7 aromatic carbocycles. The Labute approximate surface area is 300 Å². The third-order valence-corrected chi connectivity index (χ3v) is 12.2. The second kappa shape index (κ2) is 11.6. The van der Waals surface area contributed by atoms with E-state index in [-0.39, 0.29) is 10.8 Å². The standard InChI is InChI=1S/C48H39NS/c1-47(2)41-17-9-8-15-39(41)40-30-29-37(31-44(40)47)49(35-25-21-33(22-26-35)32-13-6-5-7-14-32)36-27-23-34(24-28-36)38-16-12-19-43-46(38)50-45-20-11-10-18-42(45)48(43,3)4/h5-31H,1-4H3. The van der Waals surface area contributed by atoms with Crippen LogP contribution in [0, 0.1) is 0 Å². The maximum atomic E-state index is 2.41. The van der Waals surface area contributed by atoms with Crippen molar-refractivity contribution in [2.75, 3.05) is 4.90 Å². The fourth-order valence-electron chi connectivity index (χ4n) is 8.20. The van der Waals surface area contributed by atoms with Gasteiger partial charge in [0, 0.05) is 37.7 Å². The molecule has 0 saturated heterocycles. The Morgan fingerprint density at radius 3 is 1.64 bits per heavy atom. The van der Waals surface area contributed by atoms with Crippen LogP contribution in [0.1, 0.15) is 49.9 Å². The molecule has 0 atom stereocenters. The van der Waals surface area contributed by atoms with Crippen LogP contribution in [0.3, 0.4) is 0 Å². The highest BCUT2D eigenvalue weighted by Crippen LogP contribution is 2.53. The average Bonchev–Trinajstić information content (AvgIpc) is 3.38. The summed E-state index contributed by atoms with van der Waals surface area (Å²) in [5.74, 6) is 0. The smallest absolute Gasteiger partial charge is 0.0465 e. The molecule has 50 heavy (non-hydrogen) atoms. The van der Waals surface area contributed by atoms with Crippen LogP contribution in [-0.4, -0.2) is 0 Å². The van der Waals surface area contributed by atoms with Gasteiger partial charge < -0.3 is 4.90 Å². The predicted molar refractivity (Wildman–Crippen MR) is 212 cm³/mol. The van der Waals surface area contributed by atoms with Gasteiger partial charge in [-0.1, -0.05) is 161 Å². The molecule has 0 aromatic heterocycles. The van der Waals surface area contributed by atoms with Crippen molar-refractivity contribution in [1.82, 2.24) is 0 Å². The predicted octanol–water partition coefficient (Wildman–Crippen LogP) is 13.6. The molecule has 0 radical (unpaired) electrons. The van der Waals surface area contributed by atoms with E-state index in [0.717, 1.165) is 17.1 Å². The van der Waals surface area contributed by atoms with E-state index in [2.05, 4.69) is 196 Å². The summed E-state index contributed by atoms with van der Waals surface area (Å²) in [6.45, 7) is 9.42. The van der Waals surface area contributed by atoms with Gasteiger partial charge in [0.1, 0.15) is 0 Å². The zero-order chi connectivity index (χ0) is 34.0. The van der Waals surface area contributed by atoms with Crippen molar-refractivity contribution in [3.63, 3.8) is 0 Å². The molecule has 0 fully saturated rings. The van der Waals surface area contributed by atoms with Crippen LogP contribution < -0.4 is 4.90 Å². The molecule has 0 unspecified atom stereocenters. The highest BCUT2D eigenvalue weighted by atomic mass is 32.2. The van der Waals surface area contributed by atoms with Crippen molar-refractivity contribution in [2.45, 2.75) is 48.3 Å². The number of fused-ring (bicyclic) bond motifs is 5. The maximum Gasteiger partial charge on any atom is 0.0465 e. The summed E-state index contributed by atoms with van der Waals surface area (Å²) in [5.41, 5.74) is 16.5. The second-order valence-corrected chi connectivity index (χ2v) is 15.7. The molecule has 0 spiro atoms. The minimum absolute atomic E-state index is 0.0587. The Morgan fingerprint density at radius 2 is 0.900 bits per heavy atom. The zero-order valence-corrected chi connectivity index (χ0v) is 29.8. The lowest BCUT2D eigenvalue weighted by Gasteiger charge is -2.35. The van der Waals surface area contributed by atoms with Crippen molar-refractivity contribution in [2.24, 2.45) is 0 Å². The quantitative estimate of drug-likeness (QED) is 0.181. The molecular formula is C48H39NS. The molecule has 0 saturated carbocycles. The van der Waals surface area contributed by atoms with Crippen LogP contribution in [-0.2, 0) is 10.8 Å². The van der Waals surface area contributed by atoms with Gasteiger partial charge in [-0.05, 0) is 98.1 Å². The van der Waals surface area contributed by atoms with E-state index in [4.69, 9.17) is 0 Å². The Bertz CT molecular complexity index is 2380. The first-order valence-electron chi connectivity index (χ1n) is 17.5. The monoisotopic (exact) mass is 661 g/mol.